The van der Waals surface area contributed by atoms with E-state index in [4.69, 9.17) is 23.8 Å². The summed E-state index contributed by atoms with van der Waals surface area (Å²) in [6.07, 6.45) is 0. The molecule has 1 rings (SSSR count). The van der Waals surface area contributed by atoms with E-state index < -0.39 is 0 Å². The molecular formula is C12H16BrClN2S. The minimum atomic E-state index is 0.555. The first-order valence-electron chi connectivity index (χ1n) is 5.40. The zero-order valence-electron chi connectivity index (χ0n) is 10.1. The summed E-state index contributed by atoms with van der Waals surface area (Å²) in [5, 5.41) is 7.61. The minimum absolute atomic E-state index is 0.555. The fraction of sp³-hybridized carbons (Fsp3) is 0.417. The van der Waals surface area contributed by atoms with Gasteiger partial charge in [0.05, 0.1) is 5.69 Å². The van der Waals surface area contributed by atoms with Crippen molar-refractivity contribution < 1.29 is 0 Å². The van der Waals surface area contributed by atoms with E-state index in [0.29, 0.717) is 11.0 Å². The highest BCUT2D eigenvalue weighted by atomic mass is 79.9. The van der Waals surface area contributed by atoms with Crippen LogP contribution in [0.25, 0.3) is 0 Å². The number of aryl methyl sites for hydroxylation is 1. The van der Waals surface area contributed by atoms with Crippen LogP contribution in [0.15, 0.2) is 16.6 Å². The zero-order valence-corrected chi connectivity index (χ0v) is 13.3. The molecule has 0 spiro atoms. The molecule has 0 amide bonds. The molecule has 0 aliphatic heterocycles. The predicted molar refractivity (Wildman–Crippen MR) is 83.0 cm³/mol. The number of rotatable bonds is 3. The van der Waals surface area contributed by atoms with Gasteiger partial charge in [-0.3, -0.25) is 0 Å². The van der Waals surface area contributed by atoms with Crippen molar-refractivity contribution in [3.8, 4) is 0 Å². The number of anilines is 1. The van der Waals surface area contributed by atoms with E-state index in [1.165, 1.54) is 0 Å². The lowest BCUT2D eigenvalue weighted by Crippen LogP contribution is -2.31. The molecule has 94 valence electrons. The van der Waals surface area contributed by atoms with Crippen molar-refractivity contribution in [3.05, 3.63) is 27.2 Å². The Labute approximate surface area is 121 Å². The van der Waals surface area contributed by atoms with Crippen molar-refractivity contribution in [2.24, 2.45) is 5.92 Å². The highest BCUT2D eigenvalue weighted by molar-refractivity contribution is 9.10. The van der Waals surface area contributed by atoms with Gasteiger partial charge in [0.2, 0.25) is 0 Å². The average Bonchev–Trinajstić information content (AvgIpc) is 2.23. The second-order valence-corrected chi connectivity index (χ2v) is 5.98. The molecule has 0 bridgehead atoms. The normalized spacial score (nSPS) is 10.5. The molecule has 17 heavy (non-hydrogen) atoms. The summed E-state index contributed by atoms with van der Waals surface area (Å²) in [4.78, 5) is 0. The van der Waals surface area contributed by atoms with Gasteiger partial charge < -0.3 is 10.6 Å². The van der Waals surface area contributed by atoms with Crippen LogP contribution in [0, 0.1) is 12.8 Å². The van der Waals surface area contributed by atoms with Crippen LogP contribution in [0.3, 0.4) is 0 Å². The summed E-state index contributed by atoms with van der Waals surface area (Å²) in [6.45, 7) is 7.08. The van der Waals surface area contributed by atoms with Crippen LogP contribution >= 0.6 is 39.7 Å². The third kappa shape index (κ3) is 4.82. The smallest absolute Gasteiger partial charge is 0.170 e. The van der Waals surface area contributed by atoms with Gasteiger partial charge in [0.15, 0.2) is 5.11 Å². The molecule has 0 fully saturated rings. The van der Waals surface area contributed by atoms with Crippen molar-refractivity contribution in [3.63, 3.8) is 0 Å². The summed E-state index contributed by atoms with van der Waals surface area (Å²) in [5.41, 5.74) is 1.91. The highest BCUT2D eigenvalue weighted by Gasteiger charge is 2.06. The lowest BCUT2D eigenvalue weighted by Gasteiger charge is -2.14. The van der Waals surface area contributed by atoms with Crippen molar-refractivity contribution in [2.75, 3.05) is 11.9 Å². The number of hydrogen-bond donors (Lipinski definition) is 2. The van der Waals surface area contributed by atoms with Crippen LogP contribution in [-0.2, 0) is 0 Å². The molecule has 2 nitrogen and oxygen atoms in total. The Morgan fingerprint density at radius 3 is 2.71 bits per heavy atom. The quantitative estimate of drug-likeness (QED) is 0.803. The second kappa shape index (κ2) is 6.57. The summed E-state index contributed by atoms with van der Waals surface area (Å²) in [6, 6.07) is 3.83. The Balaban J connectivity index is 2.68. The van der Waals surface area contributed by atoms with Crippen LogP contribution in [0.5, 0.6) is 0 Å². The van der Waals surface area contributed by atoms with Crippen molar-refractivity contribution in [2.45, 2.75) is 20.8 Å². The molecular weight excluding hydrogens is 320 g/mol. The fourth-order valence-electron chi connectivity index (χ4n) is 1.21. The molecule has 0 radical (unpaired) electrons. The number of thiocarbonyl (C=S) groups is 1. The van der Waals surface area contributed by atoms with E-state index >= 15 is 0 Å². The van der Waals surface area contributed by atoms with Gasteiger partial charge in [-0.25, -0.2) is 0 Å². The first kappa shape index (κ1) is 14.7. The molecule has 1 aromatic rings. The Kier molecular flexibility index (Phi) is 5.70. The first-order chi connectivity index (χ1) is 7.90. The molecule has 0 heterocycles. The molecule has 0 aliphatic rings. The van der Waals surface area contributed by atoms with Crippen LogP contribution in [0.4, 0.5) is 5.69 Å². The van der Waals surface area contributed by atoms with Crippen LogP contribution in [-0.4, -0.2) is 11.7 Å². The number of halogens is 2. The maximum absolute atomic E-state index is 6.07. The van der Waals surface area contributed by atoms with Gasteiger partial charge >= 0.3 is 0 Å². The Morgan fingerprint density at radius 1 is 1.47 bits per heavy atom. The van der Waals surface area contributed by atoms with Gasteiger partial charge in [-0.1, -0.05) is 25.4 Å². The summed E-state index contributed by atoms with van der Waals surface area (Å²) in [5.74, 6) is 0.555. The third-order valence-electron chi connectivity index (χ3n) is 2.17. The van der Waals surface area contributed by atoms with Crippen LogP contribution < -0.4 is 10.6 Å². The fourth-order valence-corrected chi connectivity index (χ4v) is 2.12. The molecule has 0 aliphatic carbocycles. The van der Waals surface area contributed by atoms with E-state index in [1.807, 2.05) is 19.1 Å². The molecule has 5 heteroatoms. The zero-order chi connectivity index (χ0) is 13.0. The summed E-state index contributed by atoms with van der Waals surface area (Å²) in [7, 11) is 0. The predicted octanol–water partition coefficient (Wildman–Crippen LogP) is 4.35. The average molecular weight is 336 g/mol. The summed E-state index contributed by atoms with van der Waals surface area (Å²) < 4.78 is 0.952. The van der Waals surface area contributed by atoms with Gasteiger partial charge in [0.1, 0.15) is 0 Å². The number of hydrogen-bond acceptors (Lipinski definition) is 1. The van der Waals surface area contributed by atoms with Gasteiger partial charge in [0.25, 0.3) is 0 Å². The molecule has 0 aromatic heterocycles. The summed E-state index contributed by atoms with van der Waals surface area (Å²) >= 11 is 14.8. The second-order valence-electron chi connectivity index (χ2n) is 4.31. The Bertz CT molecular complexity index is 421. The molecule has 0 saturated carbocycles. The van der Waals surface area contributed by atoms with E-state index in [-0.39, 0.29) is 0 Å². The van der Waals surface area contributed by atoms with Gasteiger partial charge in [-0.2, -0.15) is 0 Å². The molecule has 2 N–H and O–H groups in total. The number of nitrogens with one attached hydrogen (secondary N) is 2. The van der Waals surface area contributed by atoms with Crippen molar-refractivity contribution >= 4 is 50.5 Å². The molecule has 0 unspecified atom stereocenters. The SMILES string of the molecule is Cc1cc(Br)c(NC(=S)NCC(C)C)cc1Cl. The Morgan fingerprint density at radius 2 is 2.12 bits per heavy atom. The monoisotopic (exact) mass is 334 g/mol. The minimum Gasteiger partial charge on any atom is -0.362 e. The van der Waals surface area contributed by atoms with E-state index in [0.717, 1.165) is 27.3 Å². The molecule has 0 saturated heterocycles. The third-order valence-corrected chi connectivity index (χ3v) is 3.48. The largest absolute Gasteiger partial charge is 0.362 e. The lowest BCUT2D eigenvalue weighted by molar-refractivity contribution is 0.627. The van der Waals surface area contributed by atoms with Crippen LogP contribution in [0.1, 0.15) is 19.4 Å². The van der Waals surface area contributed by atoms with Crippen LogP contribution in [0.2, 0.25) is 5.02 Å². The van der Waals surface area contributed by atoms with Gasteiger partial charge in [-0.15, -0.1) is 0 Å². The van der Waals surface area contributed by atoms with Gasteiger partial charge in [-0.05, 0) is 58.7 Å². The lowest BCUT2D eigenvalue weighted by atomic mass is 10.2. The maximum atomic E-state index is 6.07. The number of benzene rings is 1. The van der Waals surface area contributed by atoms with E-state index in [1.54, 1.807) is 0 Å². The standard InChI is InChI=1S/C12H16BrClN2S/c1-7(2)6-15-12(17)16-11-5-10(14)8(3)4-9(11)13/h4-5,7H,6H2,1-3H3,(H2,15,16,17). The topological polar surface area (TPSA) is 24.1 Å². The Hall–Kier alpha value is -0.320. The maximum Gasteiger partial charge on any atom is 0.170 e. The van der Waals surface area contributed by atoms with Crippen molar-refractivity contribution in [1.29, 1.82) is 0 Å². The van der Waals surface area contributed by atoms with E-state index in [2.05, 4.69) is 40.4 Å². The van der Waals surface area contributed by atoms with Crippen molar-refractivity contribution in [1.82, 2.24) is 5.32 Å². The van der Waals surface area contributed by atoms with Gasteiger partial charge in [0, 0.05) is 16.0 Å². The van der Waals surface area contributed by atoms with E-state index in [9.17, 15) is 0 Å². The molecule has 0 atom stereocenters. The first-order valence-corrected chi connectivity index (χ1v) is 6.98. The molecule has 1 aromatic carbocycles. The highest BCUT2D eigenvalue weighted by Crippen LogP contribution is 2.29.